The lowest BCUT2D eigenvalue weighted by Gasteiger charge is -2.09. The predicted octanol–water partition coefficient (Wildman–Crippen LogP) is 2.02. The Morgan fingerprint density at radius 2 is 1.93 bits per heavy atom. The summed E-state index contributed by atoms with van der Waals surface area (Å²) in [4.78, 5) is 0. The fourth-order valence-electron chi connectivity index (χ4n) is 1.04. The molecule has 5 heteroatoms. The van der Waals surface area contributed by atoms with E-state index >= 15 is 0 Å². The van der Waals surface area contributed by atoms with Crippen molar-refractivity contribution in [2.24, 2.45) is 5.73 Å². The Hall–Kier alpha value is -1.54. The predicted molar refractivity (Wildman–Crippen MR) is 43.5 cm³/mol. The van der Waals surface area contributed by atoms with Crippen LogP contribution in [0, 0.1) is 28.8 Å². The maximum atomic E-state index is 13.0. The van der Waals surface area contributed by atoms with E-state index in [4.69, 9.17) is 11.0 Å². The third-order valence-corrected chi connectivity index (χ3v) is 1.78. The van der Waals surface area contributed by atoms with Crippen LogP contribution in [-0.2, 0) is 0 Å². The van der Waals surface area contributed by atoms with Crippen molar-refractivity contribution in [3.8, 4) is 6.07 Å². The van der Waals surface area contributed by atoms with Gasteiger partial charge < -0.3 is 5.73 Å². The van der Waals surface area contributed by atoms with Crippen molar-refractivity contribution < 1.29 is 13.2 Å². The zero-order valence-corrected chi connectivity index (χ0v) is 7.10. The number of nitrogens with zero attached hydrogens (tertiary/aromatic N) is 1. The first-order valence-corrected chi connectivity index (χ1v) is 3.84. The largest absolute Gasteiger partial charge is 0.323 e. The van der Waals surface area contributed by atoms with Crippen LogP contribution in [0.2, 0.25) is 0 Å². The van der Waals surface area contributed by atoms with Crippen molar-refractivity contribution >= 4 is 0 Å². The molecule has 1 atom stereocenters. The Morgan fingerprint density at radius 1 is 1.29 bits per heavy atom. The van der Waals surface area contributed by atoms with Crippen LogP contribution in [0.4, 0.5) is 13.2 Å². The van der Waals surface area contributed by atoms with Crippen molar-refractivity contribution in [3.63, 3.8) is 0 Å². The van der Waals surface area contributed by atoms with E-state index in [0.29, 0.717) is 0 Å². The van der Waals surface area contributed by atoms with Crippen molar-refractivity contribution in [2.45, 2.75) is 12.5 Å². The highest BCUT2D eigenvalue weighted by molar-refractivity contribution is 5.24. The molecule has 1 aromatic carbocycles. The van der Waals surface area contributed by atoms with Gasteiger partial charge in [0.25, 0.3) is 0 Å². The van der Waals surface area contributed by atoms with E-state index in [0.717, 1.165) is 12.1 Å². The van der Waals surface area contributed by atoms with Crippen LogP contribution in [0.15, 0.2) is 12.1 Å². The summed E-state index contributed by atoms with van der Waals surface area (Å²) < 4.78 is 38.2. The topological polar surface area (TPSA) is 49.8 Å². The van der Waals surface area contributed by atoms with Gasteiger partial charge in [0.15, 0.2) is 17.5 Å². The number of hydrogen-bond donors (Lipinski definition) is 1. The average molecular weight is 200 g/mol. The molecular weight excluding hydrogens is 193 g/mol. The maximum absolute atomic E-state index is 13.0. The smallest absolute Gasteiger partial charge is 0.194 e. The molecule has 0 amide bonds. The van der Waals surface area contributed by atoms with Crippen LogP contribution >= 0.6 is 0 Å². The summed E-state index contributed by atoms with van der Waals surface area (Å²) in [5, 5.41) is 8.29. The number of hydrogen-bond acceptors (Lipinski definition) is 2. The average Bonchev–Trinajstić information content (AvgIpc) is 2.15. The lowest BCUT2D eigenvalue weighted by Crippen LogP contribution is -2.12. The fraction of sp³-hybridized carbons (Fsp3) is 0.222. The summed E-state index contributed by atoms with van der Waals surface area (Å²) in [5.41, 5.74) is 5.18. The lowest BCUT2D eigenvalue weighted by atomic mass is 10.0. The van der Waals surface area contributed by atoms with Crippen molar-refractivity contribution in [1.29, 1.82) is 5.26 Å². The van der Waals surface area contributed by atoms with Gasteiger partial charge in [-0.2, -0.15) is 5.26 Å². The van der Waals surface area contributed by atoms with Gasteiger partial charge >= 0.3 is 0 Å². The molecule has 1 unspecified atom stereocenters. The minimum atomic E-state index is -1.56. The maximum Gasteiger partial charge on any atom is 0.194 e. The monoisotopic (exact) mass is 200 g/mol. The SMILES string of the molecule is N#CCC(N)c1ccc(F)c(F)c1F. The minimum absolute atomic E-state index is 0.151. The van der Waals surface area contributed by atoms with Gasteiger partial charge in [0.1, 0.15) is 0 Å². The zero-order chi connectivity index (χ0) is 10.7. The van der Waals surface area contributed by atoms with Gasteiger partial charge in [-0.3, -0.25) is 0 Å². The molecule has 0 heterocycles. The Labute approximate surface area is 78.8 Å². The van der Waals surface area contributed by atoms with Gasteiger partial charge in [-0.15, -0.1) is 0 Å². The first kappa shape index (κ1) is 10.5. The molecule has 2 N–H and O–H groups in total. The number of halogens is 3. The number of nitrogens with two attached hydrogens (primary N) is 1. The molecule has 0 bridgehead atoms. The van der Waals surface area contributed by atoms with E-state index < -0.39 is 23.5 Å². The number of nitriles is 1. The normalized spacial score (nSPS) is 12.2. The van der Waals surface area contributed by atoms with Crippen LogP contribution in [0.3, 0.4) is 0 Å². The van der Waals surface area contributed by atoms with Gasteiger partial charge in [-0.05, 0) is 6.07 Å². The number of benzene rings is 1. The van der Waals surface area contributed by atoms with Crippen molar-refractivity contribution in [1.82, 2.24) is 0 Å². The van der Waals surface area contributed by atoms with E-state index in [-0.39, 0.29) is 12.0 Å². The summed E-state index contributed by atoms with van der Waals surface area (Å²) >= 11 is 0. The summed E-state index contributed by atoms with van der Waals surface area (Å²) in [6.45, 7) is 0. The van der Waals surface area contributed by atoms with Gasteiger partial charge in [0.2, 0.25) is 0 Å². The Bertz CT molecular complexity index is 384. The van der Waals surface area contributed by atoms with Crippen LogP contribution in [-0.4, -0.2) is 0 Å². The van der Waals surface area contributed by atoms with E-state index in [1.165, 1.54) is 0 Å². The summed E-state index contributed by atoms with van der Waals surface area (Å²) in [5.74, 6) is -4.15. The van der Waals surface area contributed by atoms with E-state index in [2.05, 4.69) is 0 Å². The Kier molecular flexibility index (Phi) is 3.10. The Morgan fingerprint density at radius 3 is 2.50 bits per heavy atom. The molecule has 0 aliphatic rings. The van der Waals surface area contributed by atoms with Crippen molar-refractivity contribution in [2.75, 3.05) is 0 Å². The molecule has 0 aromatic heterocycles. The molecular formula is C9H7F3N2. The van der Waals surface area contributed by atoms with Crippen molar-refractivity contribution in [3.05, 3.63) is 35.1 Å². The van der Waals surface area contributed by atoms with Gasteiger partial charge in [-0.25, -0.2) is 13.2 Å². The summed E-state index contributed by atoms with van der Waals surface area (Å²) in [7, 11) is 0. The van der Waals surface area contributed by atoms with Gasteiger partial charge in [0, 0.05) is 11.6 Å². The zero-order valence-electron chi connectivity index (χ0n) is 7.10. The molecule has 0 spiro atoms. The standard InChI is InChI=1S/C9H7F3N2/c10-6-2-1-5(7(14)3-4-13)8(11)9(6)12/h1-2,7H,3,14H2. The van der Waals surface area contributed by atoms with Crippen LogP contribution in [0.1, 0.15) is 18.0 Å². The molecule has 0 radical (unpaired) electrons. The van der Waals surface area contributed by atoms with Crippen LogP contribution < -0.4 is 5.73 Å². The van der Waals surface area contributed by atoms with E-state index in [1.54, 1.807) is 6.07 Å². The third-order valence-electron chi connectivity index (χ3n) is 1.78. The quantitative estimate of drug-likeness (QED) is 0.742. The first-order valence-electron chi connectivity index (χ1n) is 3.84. The molecule has 2 nitrogen and oxygen atoms in total. The highest BCUT2D eigenvalue weighted by Crippen LogP contribution is 2.21. The highest BCUT2D eigenvalue weighted by Gasteiger charge is 2.17. The minimum Gasteiger partial charge on any atom is -0.323 e. The molecule has 0 aliphatic carbocycles. The second kappa shape index (κ2) is 4.11. The highest BCUT2D eigenvalue weighted by atomic mass is 19.2. The fourth-order valence-corrected chi connectivity index (χ4v) is 1.04. The Balaban J connectivity index is 3.12. The molecule has 0 fully saturated rings. The third kappa shape index (κ3) is 1.86. The molecule has 1 aromatic rings. The number of rotatable bonds is 2. The van der Waals surface area contributed by atoms with Crippen LogP contribution in [0.5, 0.6) is 0 Å². The van der Waals surface area contributed by atoms with E-state index in [1.807, 2.05) is 0 Å². The molecule has 0 aliphatic heterocycles. The molecule has 1 rings (SSSR count). The van der Waals surface area contributed by atoms with Gasteiger partial charge in [-0.1, -0.05) is 6.07 Å². The molecule has 0 saturated carbocycles. The molecule has 0 saturated heterocycles. The summed E-state index contributed by atoms with van der Waals surface area (Å²) in [6.07, 6.45) is -0.151. The summed E-state index contributed by atoms with van der Waals surface area (Å²) in [6, 6.07) is 2.60. The second-order valence-electron chi connectivity index (χ2n) is 2.73. The van der Waals surface area contributed by atoms with Gasteiger partial charge in [0.05, 0.1) is 12.5 Å². The van der Waals surface area contributed by atoms with E-state index in [9.17, 15) is 13.2 Å². The molecule has 74 valence electrons. The van der Waals surface area contributed by atoms with Crippen LogP contribution in [0.25, 0.3) is 0 Å². The lowest BCUT2D eigenvalue weighted by molar-refractivity contribution is 0.436. The first-order chi connectivity index (χ1) is 6.57. The molecule has 14 heavy (non-hydrogen) atoms. The second-order valence-corrected chi connectivity index (χ2v) is 2.73.